The van der Waals surface area contributed by atoms with Crippen LogP contribution >= 0.6 is 15.9 Å². The summed E-state index contributed by atoms with van der Waals surface area (Å²) in [7, 11) is 0. The van der Waals surface area contributed by atoms with Gasteiger partial charge in [0.2, 0.25) is 0 Å². The molecule has 0 saturated heterocycles. The Morgan fingerprint density at radius 2 is 2.10 bits per heavy atom. The Labute approximate surface area is 126 Å². The highest BCUT2D eigenvalue weighted by molar-refractivity contribution is 9.10. The molecule has 1 N–H and O–H groups in total. The zero-order chi connectivity index (χ0) is 14.3. The van der Waals surface area contributed by atoms with Crippen LogP contribution in [0.5, 0.6) is 11.5 Å². The molecular weight excluding hydrogens is 324 g/mol. The van der Waals surface area contributed by atoms with Crippen molar-refractivity contribution in [3.63, 3.8) is 0 Å². The third-order valence-corrected chi connectivity index (χ3v) is 4.98. The van der Waals surface area contributed by atoms with E-state index >= 15 is 0 Å². The van der Waals surface area contributed by atoms with Crippen LogP contribution < -0.4 is 9.47 Å². The van der Waals surface area contributed by atoms with Gasteiger partial charge in [0.25, 0.3) is 0 Å². The van der Waals surface area contributed by atoms with Crippen LogP contribution in [0.15, 0.2) is 10.5 Å². The number of hydrogen-bond donors (Lipinski definition) is 1. The molecular formula is C15H17BrO4. The van der Waals surface area contributed by atoms with Crippen LogP contribution in [0, 0.1) is 0 Å². The predicted molar refractivity (Wildman–Crippen MR) is 77.7 cm³/mol. The highest BCUT2D eigenvalue weighted by atomic mass is 79.9. The molecule has 1 aromatic rings. The zero-order valence-corrected chi connectivity index (χ0v) is 13.0. The van der Waals surface area contributed by atoms with Crippen LogP contribution in [0.2, 0.25) is 0 Å². The Morgan fingerprint density at radius 3 is 2.70 bits per heavy atom. The van der Waals surface area contributed by atoms with Gasteiger partial charge in [-0.1, -0.05) is 6.92 Å². The number of fused-ring (bicyclic) bond motifs is 1. The number of halogens is 1. The lowest BCUT2D eigenvalue weighted by atomic mass is 9.87. The van der Waals surface area contributed by atoms with E-state index in [-0.39, 0.29) is 11.8 Å². The van der Waals surface area contributed by atoms with Crippen molar-refractivity contribution >= 4 is 21.9 Å². The number of ether oxygens (including phenoxy) is 2. The summed E-state index contributed by atoms with van der Waals surface area (Å²) in [5.41, 5.74) is 2.04. The molecule has 0 bridgehead atoms. The number of benzene rings is 1. The number of carboxylic acid groups (broad SMARTS) is 1. The molecule has 0 atom stereocenters. The van der Waals surface area contributed by atoms with Crippen LogP contribution in [0.1, 0.15) is 37.3 Å². The molecule has 1 heterocycles. The van der Waals surface area contributed by atoms with Crippen LogP contribution in [0.25, 0.3) is 0 Å². The average molecular weight is 341 g/mol. The highest BCUT2D eigenvalue weighted by Gasteiger charge is 2.48. The summed E-state index contributed by atoms with van der Waals surface area (Å²) in [5.74, 6) is 0.741. The molecule has 3 rings (SSSR count). The first kappa shape index (κ1) is 13.7. The Kier molecular flexibility index (Phi) is 3.40. The minimum absolute atomic E-state index is 0.187. The monoisotopic (exact) mass is 340 g/mol. The molecule has 5 heteroatoms. The zero-order valence-electron chi connectivity index (χ0n) is 11.4. The standard InChI is InChI=1S/C15H17BrO4/c1-2-9-10(15(3-4-15)8-12(17)18)7-11-14(13(9)16)20-6-5-19-11/h7H,2-6,8H2,1H3,(H,17,18). The normalized spacial score (nSPS) is 18.7. The summed E-state index contributed by atoms with van der Waals surface area (Å²) >= 11 is 3.61. The van der Waals surface area contributed by atoms with E-state index in [0.29, 0.717) is 13.2 Å². The van der Waals surface area contributed by atoms with Gasteiger partial charge in [0, 0.05) is 5.41 Å². The van der Waals surface area contributed by atoms with Gasteiger partial charge in [0.15, 0.2) is 11.5 Å². The quantitative estimate of drug-likeness (QED) is 0.913. The molecule has 2 aliphatic rings. The van der Waals surface area contributed by atoms with Gasteiger partial charge in [-0.15, -0.1) is 0 Å². The van der Waals surface area contributed by atoms with Gasteiger partial charge in [-0.25, -0.2) is 0 Å². The largest absolute Gasteiger partial charge is 0.486 e. The first-order valence-electron chi connectivity index (χ1n) is 6.90. The van der Waals surface area contributed by atoms with Crippen molar-refractivity contribution in [2.24, 2.45) is 0 Å². The second-order valence-corrected chi connectivity index (χ2v) is 6.24. The first-order chi connectivity index (χ1) is 9.57. The van der Waals surface area contributed by atoms with Gasteiger partial charge in [-0.2, -0.15) is 0 Å². The Hall–Kier alpha value is -1.23. The first-order valence-corrected chi connectivity index (χ1v) is 7.70. The van der Waals surface area contributed by atoms with E-state index in [9.17, 15) is 4.79 Å². The fraction of sp³-hybridized carbons (Fsp3) is 0.533. The second-order valence-electron chi connectivity index (χ2n) is 5.45. The molecule has 108 valence electrons. The van der Waals surface area contributed by atoms with Crippen LogP contribution in [0.4, 0.5) is 0 Å². The predicted octanol–water partition coefficient (Wildman–Crippen LogP) is 3.29. The van der Waals surface area contributed by atoms with Crippen molar-refractivity contribution in [2.45, 2.75) is 38.0 Å². The fourth-order valence-electron chi connectivity index (χ4n) is 2.98. The van der Waals surface area contributed by atoms with Gasteiger partial charge in [0.05, 0.1) is 10.9 Å². The molecule has 4 nitrogen and oxygen atoms in total. The highest BCUT2D eigenvalue weighted by Crippen LogP contribution is 2.56. The maximum Gasteiger partial charge on any atom is 0.304 e. The van der Waals surface area contributed by atoms with Gasteiger partial charge in [-0.05, 0) is 52.4 Å². The van der Waals surface area contributed by atoms with E-state index in [1.54, 1.807) is 0 Å². The molecule has 1 aliphatic carbocycles. The summed E-state index contributed by atoms with van der Waals surface area (Å²) < 4.78 is 12.3. The van der Waals surface area contributed by atoms with Crippen molar-refractivity contribution in [2.75, 3.05) is 13.2 Å². The molecule has 1 aromatic carbocycles. The topological polar surface area (TPSA) is 55.8 Å². The maximum absolute atomic E-state index is 11.1. The van der Waals surface area contributed by atoms with E-state index in [4.69, 9.17) is 14.6 Å². The third kappa shape index (κ3) is 2.18. The van der Waals surface area contributed by atoms with Gasteiger partial charge in [0.1, 0.15) is 13.2 Å². The lowest BCUT2D eigenvalue weighted by molar-refractivity contribution is -0.137. The SMILES string of the molecule is CCc1c(C2(CC(=O)O)CC2)cc2c(c1Br)OCCO2. The van der Waals surface area contributed by atoms with Gasteiger partial charge >= 0.3 is 5.97 Å². The lowest BCUT2D eigenvalue weighted by Crippen LogP contribution is -2.20. The average Bonchev–Trinajstić information content (AvgIpc) is 3.18. The number of carboxylic acids is 1. The number of rotatable bonds is 4. The molecule has 1 aliphatic heterocycles. The van der Waals surface area contributed by atoms with E-state index < -0.39 is 5.97 Å². The maximum atomic E-state index is 11.1. The van der Waals surface area contributed by atoms with E-state index in [1.165, 1.54) is 0 Å². The van der Waals surface area contributed by atoms with Crippen molar-refractivity contribution in [1.29, 1.82) is 0 Å². The molecule has 0 aromatic heterocycles. The Balaban J connectivity index is 2.11. The summed E-state index contributed by atoms with van der Waals surface area (Å²) in [5, 5.41) is 9.15. The van der Waals surface area contributed by atoms with E-state index in [1.807, 2.05) is 6.07 Å². The van der Waals surface area contributed by atoms with Crippen molar-refractivity contribution < 1.29 is 19.4 Å². The molecule has 1 saturated carbocycles. The van der Waals surface area contributed by atoms with E-state index in [2.05, 4.69) is 22.9 Å². The summed E-state index contributed by atoms with van der Waals surface area (Å²) in [6, 6.07) is 1.99. The van der Waals surface area contributed by atoms with E-state index in [0.717, 1.165) is 46.4 Å². The Morgan fingerprint density at radius 1 is 1.40 bits per heavy atom. The molecule has 0 spiro atoms. The van der Waals surface area contributed by atoms with Crippen LogP contribution in [-0.2, 0) is 16.6 Å². The second kappa shape index (κ2) is 4.95. The number of hydrogen-bond acceptors (Lipinski definition) is 3. The van der Waals surface area contributed by atoms with Crippen molar-refractivity contribution in [3.8, 4) is 11.5 Å². The molecule has 20 heavy (non-hydrogen) atoms. The third-order valence-electron chi connectivity index (χ3n) is 4.14. The van der Waals surface area contributed by atoms with Crippen molar-refractivity contribution in [1.82, 2.24) is 0 Å². The minimum Gasteiger partial charge on any atom is -0.486 e. The minimum atomic E-state index is -0.740. The fourth-order valence-corrected chi connectivity index (χ4v) is 3.79. The summed E-state index contributed by atoms with van der Waals surface area (Å²) in [4.78, 5) is 11.1. The van der Waals surface area contributed by atoms with Crippen LogP contribution in [0.3, 0.4) is 0 Å². The van der Waals surface area contributed by atoms with Crippen LogP contribution in [-0.4, -0.2) is 24.3 Å². The lowest BCUT2D eigenvalue weighted by Gasteiger charge is -2.26. The molecule has 0 amide bonds. The van der Waals surface area contributed by atoms with Gasteiger partial charge in [-0.3, -0.25) is 4.79 Å². The van der Waals surface area contributed by atoms with Gasteiger partial charge < -0.3 is 14.6 Å². The smallest absolute Gasteiger partial charge is 0.304 e. The summed E-state index contributed by atoms with van der Waals surface area (Å²) in [6.45, 7) is 3.17. The van der Waals surface area contributed by atoms with Crippen molar-refractivity contribution in [3.05, 3.63) is 21.7 Å². The molecule has 0 radical (unpaired) electrons. The molecule has 1 fully saturated rings. The summed E-state index contributed by atoms with van der Waals surface area (Å²) in [6.07, 6.45) is 2.89. The number of carbonyl (C=O) groups is 1. The molecule has 0 unspecified atom stereocenters. The Bertz CT molecular complexity index is 563. The number of aliphatic carboxylic acids is 1.